The van der Waals surface area contributed by atoms with Crippen molar-refractivity contribution in [1.29, 1.82) is 0 Å². The highest BCUT2D eigenvalue weighted by atomic mass is 19.1. The molecule has 0 aliphatic heterocycles. The fraction of sp³-hybridized carbons (Fsp3) is 0.182. The summed E-state index contributed by atoms with van der Waals surface area (Å²) in [6, 6.07) is 15.2. The zero-order valence-electron chi connectivity index (χ0n) is 16.0. The molecule has 0 aliphatic carbocycles. The van der Waals surface area contributed by atoms with E-state index in [9.17, 15) is 14.0 Å². The third-order valence-electron chi connectivity index (χ3n) is 2.97. The second kappa shape index (κ2) is 11.4. The van der Waals surface area contributed by atoms with Gasteiger partial charge >= 0.3 is 0 Å². The van der Waals surface area contributed by atoms with Crippen molar-refractivity contribution in [3.8, 4) is 0 Å². The Morgan fingerprint density at radius 1 is 0.741 bits per heavy atom. The smallest absolute Gasteiger partial charge is 0.248 e. The fourth-order valence-electron chi connectivity index (χ4n) is 1.97. The molecule has 2 aromatic carbocycles. The molecular formula is C22H25FN2O2. The summed E-state index contributed by atoms with van der Waals surface area (Å²) in [5, 5.41) is 5.32. The quantitative estimate of drug-likeness (QED) is 0.718. The first-order valence-electron chi connectivity index (χ1n) is 8.48. The molecule has 0 radical (unpaired) electrons. The van der Waals surface area contributed by atoms with E-state index in [4.69, 9.17) is 0 Å². The van der Waals surface area contributed by atoms with Gasteiger partial charge in [0, 0.05) is 23.5 Å². The van der Waals surface area contributed by atoms with E-state index in [1.165, 1.54) is 18.2 Å². The lowest BCUT2D eigenvalue weighted by molar-refractivity contribution is -0.112. The first-order valence-corrected chi connectivity index (χ1v) is 8.48. The number of allylic oxidation sites excluding steroid dienone is 2. The summed E-state index contributed by atoms with van der Waals surface area (Å²) in [4.78, 5) is 22.5. The molecule has 4 nitrogen and oxygen atoms in total. The Hall–Kier alpha value is -3.21. The highest BCUT2D eigenvalue weighted by molar-refractivity contribution is 6.00. The number of halogens is 1. The molecule has 0 saturated heterocycles. The highest BCUT2D eigenvalue weighted by Gasteiger charge is 1.99. The normalized spacial score (nSPS) is 9.22. The maximum atomic E-state index is 12.7. The van der Waals surface area contributed by atoms with E-state index < -0.39 is 0 Å². The van der Waals surface area contributed by atoms with Crippen LogP contribution in [0.3, 0.4) is 0 Å². The van der Waals surface area contributed by atoms with Crippen molar-refractivity contribution < 1.29 is 14.0 Å². The maximum Gasteiger partial charge on any atom is 0.248 e. The summed E-state index contributed by atoms with van der Waals surface area (Å²) >= 11 is 0. The Labute approximate surface area is 159 Å². The first-order chi connectivity index (χ1) is 12.8. The minimum Gasteiger partial charge on any atom is -0.323 e. The summed E-state index contributed by atoms with van der Waals surface area (Å²) in [7, 11) is 0. The van der Waals surface area contributed by atoms with Gasteiger partial charge in [-0.3, -0.25) is 9.59 Å². The predicted molar refractivity (Wildman–Crippen MR) is 109 cm³/mol. The number of nitrogens with one attached hydrogen (secondary N) is 2. The van der Waals surface area contributed by atoms with Crippen LogP contribution in [0.15, 0.2) is 77.9 Å². The number of carbonyl (C=O) groups excluding carboxylic acids is 2. The van der Waals surface area contributed by atoms with Crippen LogP contribution in [0.5, 0.6) is 0 Å². The third-order valence-corrected chi connectivity index (χ3v) is 2.97. The molecule has 0 bridgehead atoms. The van der Waals surface area contributed by atoms with Crippen molar-refractivity contribution in [2.45, 2.75) is 27.7 Å². The first kappa shape index (κ1) is 21.8. The molecular weight excluding hydrogens is 343 g/mol. The monoisotopic (exact) mass is 368 g/mol. The van der Waals surface area contributed by atoms with Crippen LogP contribution in [0.1, 0.15) is 27.7 Å². The van der Waals surface area contributed by atoms with Crippen LogP contribution < -0.4 is 10.6 Å². The lowest BCUT2D eigenvalue weighted by Gasteiger charge is -2.01. The van der Waals surface area contributed by atoms with Gasteiger partial charge in [-0.2, -0.15) is 0 Å². The van der Waals surface area contributed by atoms with Gasteiger partial charge in [0.2, 0.25) is 11.8 Å². The molecule has 142 valence electrons. The molecule has 0 unspecified atom stereocenters. The lowest BCUT2D eigenvalue weighted by Crippen LogP contribution is -2.08. The van der Waals surface area contributed by atoms with Crippen molar-refractivity contribution >= 4 is 23.2 Å². The lowest BCUT2D eigenvalue weighted by atomic mass is 10.3. The average Bonchev–Trinajstić information content (AvgIpc) is 2.54. The Morgan fingerprint density at radius 2 is 1.22 bits per heavy atom. The van der Waals surface area contributed by atoms with Gasteiger partial charge in [0.15, 0.2) is 0 Å². The molecule has 0 atom stereocenters. The third kappa shape index (κ3) is 10.4. The van der Waals surface area contributed by atoms with Gasteiger partial charge in [0.05, 0.1) is 0 Å². The molecule has 5 heteroatoms. The minimum absolute atomic E-state index is 0.0776. The summed E-state index contributed by atoms with van der Waals surface area (Å²) in [5.41, 5.74) is 3.19. The molecule has 2 aromatic rings. The summed E-state index contributed by atoms with van der Waals surface area (Å²) in [6.07, 6.45) is 3.04. The van der Waals surface area contributed by atoms with E-state index in [1.54, 1.807) is 18.2 Å². The Bertz CT molecular complexity index is 819. The molecule has 0 saturated carbocycles. The van der Waals surface area contributed by atoms with Gasteiger partial charge in [-0.1, -0.05) is 35.4 Å². The van der Waals surface area contributed by atoms with Crippen LogP contribution in [0.25, 0.3) is 0 Å². The van der Waals surface area contributed by atoms with Crippen LogP contribution >= 0.6 is 0 Å². The highest BCUT2D eigenvalue weighted by Crippen LogP contribution is 2.09. The van der Waals surface area contributed by atoms with E-state index in [0.717, 1.165) is 16.8 Å². The van der Waals surface area contributed by atoms with Gasteiger partial charge in [-0.25, -0.2) is 4.39 Å². The number of amides is 2. The Kier molecular flexibility index (Phi) is 9.23. The van der Waals surface area contributed by atoms with Gasteiger partial charge in [-0.15, -0.1) is 0 Å². The van der Waals surface area contributed by atoms with Gasteiger partial charge in [-0.05, 0) is 58.0 Å². The molecule has 27 heavy (non-hydrogen) atoms. The maximum absolute atomic E-state index is 12.7. The number of para-hydroxylation sites is 1. The summed E-state index contributed by atoms with van der Waals surface area (Å²) in [5.74, 6) is -0.679. The number of carbonyl (C=O) groups is 2. The second-order valence-corrected chi connectivity index (χ2v) is 6.30. The SMILES string of the molecule is CC(C)=CC(=O)Nc1cccc(F)c1.CC(C)=CC(=O)Nc1ccccc1. The number of benzene rings is 2. The zero-order valence-corrected chi connectivity index (χ0v) is 16.0. The van der Waals surface area contributed by atoms with Crippen molar-refractivity contribution in [2.24, 2.45) is 0 Å². The van der Waals surface area contributed by atoms with E-state index in [2.05, 4.69) is 10.6 Å². The van der Waals surface area contributed by atoms with Gasteiger partial charge in [0.25, 0.3) is 0 Å². The summed E-state index contributed by atoms with van der Waals surface area (Å²) in [6.45, 7) is 7.44. The van der Waals surface area contributed by atoms with E-state index in [1.807, 2.05) is 58.0 Å². The minimum atomic E-state index is -0.361. The Morgan fingerprint density at radius 3 is 1.70 bits per heavy atom. The van der Waals surface area contributed by atoms with Crippen molar-refractivity contribution in [3.05, 3.63) is 83.7 Å². The van der Waals surface area contributed by atoms with Crippen LogP contribution in [0, 0.1) is 5.82 Å². The molecule has 2 rings (SSSR count). The number of anilines is 2. The average molecular weight is 368 g/mol. The molecule has 0 heterocycles. The van der Waals surface area contributed by atoms with Crippen LogP contribution in [-0.2, 0) is 9.59 Å². The van der Waals surface area contributed by atoms with Gasteiger partial charge in [0.1, 0.15) is 5.82 Å². The number of hydrogen-bond acceptors (Lipinski definition) is 2. The number of hydrogen-bond donors (Lipinski definition) is 2. The molecule has 0 fully saturated rings. The van der Waals surface area contributed by atoms with Crippen LogP contribution in [0.4, 0.5) is 15.8 Å². The van der Waals surface area contributed by atoms with Crippen molar-refractivity contribution in [2.75, 3.05) is 10.6 Å². The van der Waals surface area contributed by atoms with Crippen LogP contribution in [-0.4, -0.2) is 11.8 Å². The molecule has 0 aromatic heterocycles. The summed E-state index contributed by atoms with van der Waals surface area (Å²) < 4.78 is 12.7. The molecule has 2 amide bonds. The number of rotatable bonds is 4. The fourth-order valence-corrected chi connectivity index (χ4v) is 1.97. The molecule has 2 N–H and O–H groups in total. The van der Waals surface area contributed by atoms with E-state index >= 15 is 0 Å². The predicted octanol–water partition coefficient (Wildman–Crippen LogP) is 5.32. The van der Waals surface area contributed by atoms with E-state index in [-0.39, 0.29) is 17.6 Å². The van der Waals surface area contributed by atoms with E-state index in [0.29, 0.717) is 5.69 Å². The second-order valence-electron chi connectivity index (χ2n) is 6.30. The Balaban J connectivity index is 0.000000271. The largest absolute Gasteiger partial charge is 0.323 e. The van der Waals surface area contributed by atoms with Crippen molar-refractivity contribution in [3.63, 3.8) is 0 Å². The molecule has 0 aliphatic rings. The standard InChI is InChI=1S/C11H12FNO.C11H13NO/c1-8(2)6-11(14)13-10-5-3-4-9(12)7-10;1-9(2)8-11(13)12-10-6-4-3-5-7-10/h3-7H,1-2H3,(H,13,14);3-8H,1-2H3,(H,12,13). The molecule has 0 spiro atoms. The topological polar surface area (TPSA) is 58.2 Å². The van der Waals surface area contributed by atoms with Crippen LogP contribution in [0.2, 0.25) is 0 Å². The zero-order chi connectivity index (χ0) is 20.2. The van der Waals surface area contributed by atoms with Crippen molar-refractivity contribution in [1.82, 2.24) is 0 Å². The van der Waals surface area contributed by atoms with Gasteiger partial charge < -0.3 is 10.6 Å².